The molecule has 0 saturated carbocycles. The summed E-state index contributed by atoms with van der Waals surface area (Å²) in [6.07, 6.45) is 1.46. The summed E-state index contributed by atoms with van der Waals surface area (Å²) < 4.78 is 0. The number of nitrogens with one attached hydrogen (secondary N) is 1. The lowest BCUT2D eigenvalue weighted by atomic mass is 10.2. The highest BCUT2D eigenvalue weighted by atomic mass is 16.4. The van der Waals surface area contributed by atoms with E-state index in [1.54, 1.807) is 12.1 Å². The van der Waals surface area contributed by atoms with Crippen LogP contribution in [0.25, 0.3) is 0 Å². The van der Waals surface area contributed by atoms with Gasteiger partial charge in [-0.1, -0.05) is 6.07 Å². The number of rotatable bonds is 3. The molecule has 0 saturated heterocycles. The largest absolute Gasteiger partial charge is 0.481 e. The van der Waals surface area contributed by atoms with Crippen LogP contribution in [0.3, 0.4) is 0 Å². The van der Waals surface area contributed by atoms with Crippen LogP contribution in [-0.2, 0) is 11.2 Å². The second-order valence-electron chi connectivity index (χ2n) is 2.27. The van der Waals surface area contributed by atoms with Gasteiger partial charge in [0.05, 0.1) is 6.42 Å². The Morgan fingerprint density at radius 2 is 2.42 bits per heavy atom. The van der Waals surface area contributed by atoms with Crippen LogP contribution in [0.5, 0.6) is 0 Å². The molecule has 64 valence electrons. The van der Waals surface area contributed by atoms with E-state index < -0.39 is 5.97 Å². The third-order valence-corrected chi connectivity index (χ3v) is 1.33. The Bertz CT molecular complexity index is 270. The molecule has 0 aromatic carbocycles. The van der Waals surface area contributed by atoms with Gasteiger partial charge in [-0.15, -0.1) is 0 Å². The van der Waals surface area contributed by atoms with E-state index in [9.17, 15) is 4.79 Å². The highest BCUT2D eigenvalue weighted by molar-refractivity contribution is 5.70. The number of nitrogens with zero attached hydrogens (tertiary/aromatic N) is 1. The van der Waals surface area contributed by atoms with E-state index in [1.807, 2.05) is 0 Å². The molecule has 1 rings (SSSR count). The first-order valence-corrected chi connectivity index (χ1v) is 3.35. The molecule has 5 heteroatoms. The van der Waals surface area contributed by atoms with Gasteiger partial charge < -0.3 is 10.5 Å². The smallest absolute Gasteiger partial charge is 0.307 e. The minimum Gasteiger partial charge on any atom is -0.481 e. The quantitative estimate of drug-likeness (QED) is 0.435. The highest BCUT2D eigenvalue weighted by Gasteiger charge is 1.99. The second-order valence-corrected chi connectivity index (χ2v) is 2.27. The van der Waals surface area contributed by atoms with Crippen molar-refractivity contribution in [1.29, 1.82) is 0 Å². The Balaban J connectivity index is 2.71. The van der Waals surface area contributed by atoms with Gasteiger partial charge in [-0.3, -0.25) is 4.79 Å². The van der Waals surface area contributed by atoms with Gasteiger partial charge in [0.1, 0.15) is 5.82 Å². The van der Waals surface area contributed by atoms with Crippen LogP contribution in [0.2, 0.25) is 0 Å². The minimum atomic E-state index is -0.870. The summed E-state index contributed by atoms with van der Waals surface area (Å²) in [6.45, 7) is 0. The van der Waals surface area contributed by atoms with E-state index in [1.165, 1.54) is 6.20 Å². The molecule has 1 aromatic heterocycles. The van der Waals surface area contributed by atoms with Crippen molar-refractivity contribution >= 4 is 11.8 Å². The minimum absolute atomic E-state index is 0.0160. The summed E-state index contributed by atoms with van der Waals surface area (Å²) in [6, 6.07) is 3.29. The first-order chi connectivity index (χ1) is 5.72. The van der Waals surface area contributed by atoms with Crippen molar-refractivity contribution in [3.05, 3.63) is 23.9 Å². The van der Waals surface area contributed by atoms with Gasteiger partial charge in [0.25, 0.3) is 0 Å². The van der Waals surface area contributed by atoms with E-state index in [4.69, 9.17) is 10.9 Å². The van der Waals surface area contributed by atoms with Gasteiger partial charge in [-0.05, 0) is 11.6 Å². The molecule has 0 fully saturated rings. The molecule has 0 unspecified atom stereocenters. The number of pyridine rings is 1. The Morgan fingerprint density at radius 3 is 2.83 bits per heavy atom. The van der Waals surface area contributed by atoms with E-state index in [0.717, 1.165) is 0 Å². The van der Waals surface area contributed by atoms with Gasteiger partial charge in [-0.2, -0.15) is 0 Å². The lowest BCUT2D eigenvalue weighted by Gasteiger charge is -1.99. The number of hydrogen-bond donors (Lipinski definition) is 3. The molecule has 12 heavy (non-hydrogen) atoms. The van der Waals surface area contributed by atoms with Crippen molar-refractivity contribution in [2.75, 3.05) is 5.43 Å². The van der Waals surface area contributed by atoms with Crippen molar-refractivity contribution < 1.29 is 9.90 Å². The molecule has 0 aliphatic carbocycles. The molecule has 0 aliphatic heterocycles. The standard InChI is InChI=1S/C7H9N3O2/c8-10-6-2-1-5(4-9-6)3-7(11)12/h1-2,4H,3,8H2,(H,9,10)(H,11,12). The molecule has 5 nitrogen and oxygen atoms in total. The molecule has 1 heterocycles. The molecule has 0 amide bonds. The van der Waals surface area contributed by atoms with Crippen LogP contribution in [0, 0.1) is 0 Å². The molecule has 0 atom stereocenters. The first kappa shape index (κ1) is 8.48. The van der Waals surface area contributed by atoms with Crippen LogP contribution < -0.4 is 11.3 Å². The topological polar surface area (TPSA) is 88.2 Å². The third-order valence-electron chi connectivity index (χ3n) is 1.33. The number of aliphatic carboxylic acids is 1. The molecule has 0 radical (unpaired) electrons. The van der Waals surface area contributed by atoms with E-state index in [-0.39, 0.29) is 6.42 Å². The zero-order chi connectivity index (χ0) is 8.97. The summed E-state index contributed by atoms with van der Waals surface area (Å²) in [4.78, 5) is 14.1. The van der Waals surface area contributed by atoms with Gasteiger partial charge in [0.2, 0.25) is 0 Å². The van der Waals surface area contributed by atoms with Crippen LogP contribution >= 0.6 is 0 Å². The lowest BCUT2D eigenvalue weighted by Crippen LogP contribution is -2.08. The summed E-state index contributed by atoms with van der Waals surface area (Å²) in [5, 5.41) is 8.43. The van der Waals surface area contributed by atoms with Gasteiger partial charge >= 0.3 is 5.97 Å². The second kappa shape index (κ2) is 3.68. The van der Waals surface area contributed by atoms with Gasteiger partial charge in [-0.25, -0.2) is 10.8 Å². The number of carboxylic acid groups (broad SMARTS) is 1. The van der Waals surface area contributed by atoms with Crippen molar-refractivity contribution in [3.8, 4) is 0 Å². The van der Waals surface area contributed by atoms with E-state index in [2.05, 4.69) is 10.4 Å². The maximum atomic E-state index is 10.3. The van der Waals surface area contributed by atoms with Gasteiger partial charge in [0.15, 0.2) is 0 Å². The summed E-state index contributed by atoms with van der Waals surface area (Å²) >= 11 is 0. The third kappa shape index (κ3) is 2.21. The zero-order valence-corrected chi connectivity index (χ0v) is 6.32. The Labute approximate surface area is 69.2 Å². The summed E-state index contributed by atoms with van der Waals surface area (Å²) in [7, 11) is 0. The van der Waals surface area contributed by atoms with Crippen LogP contribution in [-0.4, -0.2) is 16.1 Å². The number of nitrogen functional groups attached to an aromatic ring is 1. The number of carbonyl (C=O) groups is 1. The first-order valence-electron chi connectivity index (χ1n) is 3.35. The Kier molecular flexibility index (Phi) is 2.60. The fraction of sp³-hybridized carbons (Fsp3) is 0.143. The lowest BCUT2D eigenvalue weighted by molar-refractivity contribution is -0.136. The maximum Gasteiger partial charge on any atom is 0.307 e. The highest BCUT2D eigenvalue weighted by Crippen LogP contribution is 2.03. The monoisotopic (exact) mass is 167 g/mol. The molecular formula is C7H9N3O2. The fourth-order valence-corrected chi connectivity index (χ4v) is 0.789. The van der Waals surface area contributed by atoms with Crippen LogP contribution in [0.1, 0.15) is 5.56 Å². The predicted octanol–water partition coefficient (Wildman–Crippen LogP) is -0.00570. The molecule has 0 spiro atoms. The molecular weight excluding hydrogens is 158 g/mol. The van der Waals surface area contributed by atoms with Crippen molar-refractivity contribution in [3.63, 3.8) is 0 Å². The molecule has 1 aromatic rings. The summed E-state index contributed by atoms with van der Waals surface area (Å²) in [5.41, 5.74) is 3.00. The van der Waals surface area contributed by atoms with E-state index >= 15 is 0 Å². The van der Waals surface area contributed by atoms with E-state index in [0.29, 0.717) is 11.4 Å². The average Bonchev–Trinajstić information content (AvgIpc) is 2.05. The number of carboxylic acids is 1. The number of hydrogen-bond acceptors (Lipinski definition) is 4. The summed E-state index contributed by atoms with van der Waals surface area (Å²) in [5.74, 6) is 4.72. The number of hydrazine groups is 1. The van der Waals surface area contributed by atoms with Crippen molar-refractivity contribution in [1.82, 2.24) is 4.98 Å². The predicted molar refractivity (Wildman–Crippen MR) is 43.4 cm³/mol. The zero-order valence-electron chi connectivity index (χ0n) is 6.32. The van der Waals surface area contributed by atoms with Crippen molar-refractivity contribution in [2.24, 2.45) is 5.84 Å². The molecule has 4 N–H and O–H groups in total. The normalized spacial score (nSPS) is 9.42. The SMILES string of the molecule is NNc1ccc(CC(=O)O)cn1. The Hall–Kier alpha value is -1.62. The van der Waals surface area contributed by atoms with Gasteiger partial charge in [0, 0.05) is 6.20 Å². The van der Waals surface area contributed by atoms with Crippen LogP contribution in [0.15, 0.2) is 18.3 Å². The number of anilines is 1. The van der Waals surface area contributed by atoms with Crippen molar-refractivity contribution in [2.45, 2.75) is 6.42 Å². The number of nitrogens with two attached hydrogens (primary N) is 1. The van der Waals surface area contributed by atoms with Crippen LogP contribution in [0.4, 0.5) is 5.82 Å². The molecule has 0 aliphatic rings. The maximum absolute atomic E-state index is 10.3. The average molecular weight is 167 g/mol. The number of aromatic nitrogens is 1. The molecule has 0 bridgehead atoms. The fourth-order valence-electron chi connectivity index (χ4n) is 0.789. The Morgan fingerprint density at radius 1 is 1.67 bits per heavy atom.